The van der Waals surface area contributed by atoms with Gasteiger partial charge in [-0.2, -0.15) is 5.10 Å². The molecule has 3 aromatic carbocycles. The molecule has 0 aliphatic carbocycles. The second-order valence-corrected chi connectivity index (χ2v) is 8.59. The van der Waals surface area contributed by atoms with Crippen molar-refractivity contribution >= 4 is 28.4 Å². The summed E-state index contributed by atoms with van der Waals surface area (Å²) in [7, 11) is 0. The highest BCUT2D eigenvalue weighted by molar-refractivity contribution is 6.30. The number of hydrogen-bond acceptors (Lipinski definition) is 5. The lowest BCUT2D eigenvalue weighted by Crippen LogP contribution is -2.25. The molecule has 1 amide bonds. The van der Waals surface area contributed by atoms with Crippen LogP contribution in [0.5, 0.6) is 5.75 Å². The molecule has 5 aromatic rings. The number of aliphatic hydroxyl groups is 1. The molecule has 0 atom stereocenters. The highest BCUT2D eigenvalue weighted by Crippen LogP contribution is 2.27. The third kappa shape index (κ3) is 5.38. The molecule has 0 saturated heterocycles. The minimum atomic E-state index is -0.417. The Morgan fingerprint density at radius 3 is 2.50 bits per heavy atom. The molecule has 0 aliphatic rings. The average Bonchev–Trinajstić information content (AvgIpc) is 3.31. The normalized spacial score (nSPS) is 10.9. The molecule has 36 heavy (non-hydrogen) atoms. The first-order valence-electron chi connectivity index (χ1n) is 11.4. The number of nitrogens with zero attached hydrogens (tertiary/aromatic N) is 3. The van der Waals surface area contributed by atoms with Crippen molar-refractivity contribution in [3.63, 3.8) is 0 Å². The molecule has 180 valence electrons. The largest absolute Gasteiger partial charge is 0.487 e. The zero-order valence-electron chi connectivity index (χ0n) is 19.3. The van der Waals surface area contributed by atoms with Crippen molar-refractivity contribution in [2.45, 2.75) is 13.0 Å². The van der Waals surface area contributed by atoms with Crippen LogP contribution in [-0.2, 0) is 17.8 Å². The molecule has 0 saturated carbocycles. The first-order valence-corrected chi connectivity index (χ1v) is 11.8. The zero-order valence-corrected chi connectivity index (χ0v) is 20.0. The Morgan fingerprint density at radius 1 is 0.944 bits per heavy atom. The van der Waals surface area contributed by atoms with Crippen LogP contribution in [0.15, 0.2) is 91.0 Å². The Bertz CT molecular complexity index is 1500. The lowest BCUT2D eigenvalue weighted by molar-refractivity contribution is -0.121. The summed E-state index contributed by atoms with van der Waals surface area (Å²) in [6, 6.07) is 28.8. The number of aliphatic hydroxyl groups excluding tert-OH is 1. The molecule has 2 heterocycles. The van der Waals surface area contributed by atoms with Gasteiger partial charge in [-0.25, -0.2) is 9.67 Å². The molecule has 2 aromatic heterocycles. The number of pyridine rings is 1. The summed E-state index contributed by atoms with van der Waals surface area (Å²) in [5, 5.41) is 17.7. The Balaban J connectivity index is 1.37. The van der Waals surface area contributed by atoms with E-state index in [1.165, 1.54) is 0 Å². The standard InChI is InChI=1S/C28H23ClN4O3/c29-21-8-5-20(6-9-21)27-15-23(16-28(35)30-18-34)32-33(27)24-11-13-25(14-12-24)36-17-22-10-7-19-3-1-2-4-26(19)31-22/h1-15,34H,16-18H2,(H,30,35). The van der Waals surface area contributed by atoms with E-state index in [9.17, 15) is 4.79 Å². The van der Waals surface area contributed by atoms with Crippen LogP contribution < -0.4 is 10.1 Å². The van der Waals surface area contributed by atoms with E-state index >= 15 is 0 Å². The number of carbonyl (C=O) groups is 1. The van der Waals surface area contributed by atoms with Gasteiger partial charge in [0.1, 0.15) is 19.1 Å². The molecule has 0 unspecified atom stereocenters. The molecule has 0 fully saturated rings. The van der Waals surface area contributed by atoms with E-state index in [1.807, 2.05) is 91.0 Å². The van der Waals surface area contributed by atoms with Crippen LogP contribution in [0.4, 0.5) is 0 Å². The minimum Gasteiger partial charge on any atom is -0.487 e. The summed E-state index contributed by atoms with van der Waals surface area (Å²) in [4.78, 5) is 16.6. The van der Waals surface area contributed by atoms with Crippen molar-refractivity contribution in [1.82, 2.24) is 20.1 Å². The number of hydrogen-bond donors (Lipinski definition) is 2. The van der Waals surface area contributed by atoms with Crippen molar-refractivity contribution in [1.29, 1.82) is 0 Å². The number of aromatic nitrogens is 3. The van der Waals surface area contributed by atoms with Gasteiger partial charge < -0.3 is 15.2 Å². The van der Waals surface area contributed by atoms with Crippen LogP contribution in [-0.4, -0.2) is 32.5 Å². The van der Waals surface area contributed by atoms with Crippen LogP contribution in [0.1, 0.15) is 11.4 Å². The Hall–Kier alpha value is -4.20. The van der Waals surface area contributed by atoms with Gasteiger partial charge in [-0.1, -0.05) is 48.0 Å². The molecular formula is C28H23ClN4O3. The van der Waals surface area contributed by atoms with Crippen molar-refractivity contribution in [3.05, 3.63) is 107 Å². The van der Waals surface area contributed by atoms with Crippen LogP contribution >= 0.6 is 11.6 Å². The topological polar surface area (TPSA) is 89.3 Å². The number of halogens is 1. The summed E-state index contributed by atoms with van der Waals surface area (Å²) in [6.07, 6.45) is 0.0497. The van der Waals surface area contributed by atoms with Gasteiger partial charge in [-0.05, 0) is 54.6 Å². The molecule has 0 aliphatic heterocycles. The molecule has 0 bridgehead atoms. The van der Waals surface area contributed by atoms with Crippen molar-refractivity contribution in [2.75, 3.05) is 6.73 Å². The van der Waals surface area contributed by atoms with Gasteiger partial charge in [0.25, 0.3) is 0 Å². The van der Waals surface area contributed by atoms with Crippen molar-refractivity contribution < 1.29 is 14.6 Å². The summed E-state index contributed by atoms with van der Waals surface area (Å²) >= 11 is 6.07. The number of carbonyl (C=O) groups excluding carboxylic acids is 1. The number of benzene rings is 3. The quantitative estimate of drug-likeness (QED) is 0.296. The second-order valence-electron chi connectivity index (χ2n) is 8.15. The number of amides is 1. The fourth-order valence-corrected chi connectivity index (χ4v) is 4.01. The van der Waals surface area contributed by atoms with Gasteiger partial charge in [-0.15, -0.1) is 0 Å². The highest BCUT2D eigenvalue weighted by Gasteiger charge is 2.14. The average molecular weight is 499 g/mol. The maximum absolute atomic E-state index is 12.0. The fraction of sp³-hybridized carbons (Fsp3) is 0.107. The van der Waals surface area contributed by atoms with E-state index in [-0.39, 0.29) is 12.3 Å². The van der Waals surface area contributed by atoms with Crippen molar-refractivity contribution in [2.24, 2.45) is 0 Å². The second kappa shape index (κ2) is 10.6. The van der Waals surface area contributed by atoms with Crippen LogP contribution in [0, 0.1) is 0 Å². The van der Waals surface area contributed by atoms with Gasteiger partial charge in [0.05, 0.1) is 34.7 Å². The van der Waals surface area contributed by atoms with E-state index < -0.39 is 6.73 Å². The first-order chi connectivity index (χ1) is 17.6. The summed E-state index contributed by atoms with van der Waals surface area (Å²) in [6.45, 7) is -0.0636. The first kappa shape index (κ1) is 23.5. The summed E-state index contributed by atoms with van der Waals surface area (Å²) in [5.74, 6) is 0.396. The number of fused-ring (bicyclic) bond motifs is 1. The maximum Gasteiger partial charge on any atom is 0.227 e. The van der Waals surface area contributed by atoms with E-state index in [0.717, 1.165) is 33.5 Å². The molecule has 5 rings (SSSR count). The summed E-state index contributed by atoms with van der Waals surface area (Å²) < 4.78 is 7.74. The van der Waals surface area contributed by atoms with Crippen LogP contribution in [0.2, 0.25) is 5.02 Å². The smallest absolute Gasteiger partial charge is 0.227 e. The summed E-state index contributed by atoms with van der Waals surface area (Å²) in [5.41, 5.74) is 4.89. The van der Waals surface area contributed by atoms with Gasteiger partial charge in [0, 0.05) is 16.0 Å². The van der Waals surface area contributed by atoms with Gasteiger partial charge >= 0.3 is 0 Å². The minimum absolute atomic E-state index is 0.0497. The van der Waals surface area contributed by atoms with Crippen molar-refractivity contribution in [3.8, 4) is 22.7 Å². The Morgan fingerprint density at radius 2 is 1.72 bits per heavy atom. The third-order valence-corrected chi connectivity index (χ3v) is 5.89. The molecule has 2 N–H and O–H groups in total. The number of nitrogens with one attached hydrogen (secondary N) is 1. The maximum atomic E-state index is 12.0. The lowest BCUT2D eigenvalue weighted by atomic mass is 10.1. The zero-order chi connectivity index (χ0) is 24.9. The van der Waals surface area contributed by atoms with E-state index in [0.29, 0.717) is 23.1 Å². The van der Waals surface area contributed by atoms with Crippen LogP contribution in [0.25, 0.3) is 27.8 Å². The number of ether oxygens (including phenoxy) is 1. The van der Waals surface area contributed by atoms with Crippen LogP contribution in [0.3, 0.4) is 0 Å². The molecule has 7 nitrogen and oxygen atoms in total. The van der Waals surface area contributed by atoms with Gasteiger partial charge in [-0.3, -0.25) is 4.79 Å². The van der Waals surface area contributed by atoms with E-state index in [4.69, 9.17) is 21.4 Å². The van der Waals surface area contributed by atoms with E-state index in [2.05, 4.69) is 15.4 Å². The molecule has 8 heteroatoms. The predicted octanol–water partition coefficient (Wildman–Crippen LogP) is 4.93. The highest BCUT2D eigenvalue weighted by atomic mass is 35.5. The van der Waals surface area contributed by atoms with Gasteiger partial charge in [0.2, 0.25) is 5.91 Å². The van der Waals surface area contributed by atoms with E-state index in [1.54, 1.807) is 4.68 Å². The fourth-order valence-electron chi connectivity index (χ4n) is 3.88. The molecule has 0 spiro atoms. The monoisotopic (exact) mass is 498 g/mol. The Labute approximate surface area is 212 Å². The SMILES string of the molecule is O=C(Cc1cc(-c2ccc(Cl)cc2)n(-c2ccc(OCc3ccc4ccccc4n3)cc2)n1)NCO. The molecule has 0 radical (unpaired) electrons. The molecular weight excluding hydrogens is 476 g/mol. The number of rotatable bonds is 8. The van der Waals surface area contributed by atoms with Gasteiger partial charge in [0.15, 0.2) is 0 Å². The lowest BCUT2D eigenvalue weighted by Gasteiger charge is -2.10. The number of para-hydroxylation sites is 1. The predicted molar refractivity (Wildman–Crippen MR) is 139 cm³/mol. The third-order valence-electron chi connectivity index (χ3n) is 5.64. The Kier molecular flexibility index (Phi) is 6.93.